The molecule has 0 aromatic heterocycles. The van der Waals surface area contributed by atoms with Gasteiger partial charge in [-0.3, -0.25) is 0 Å². The molecule has 0 aliphatic carbocycles. The van der Waals surface area contributed by atoms with E-state index in [1.54, 1.807) is 0 Å². The molecule has 0 rings (SSSR count). The van der Waals surface area contributed by atoms with Crippen LogP contribution in [0.2, 0.25) is 0 Å². The summed E-state index contributed by atoms with van der Waals surface area (Å²) in [5, 5.41) is 0. The molecule has 0 heterocycles. The van der Waals surface area contributed by atoms with Crippen molar-refractivity contribution in [2.75, 3.05) is 0 Å². The van der Waals surface area contributed by atoms with E-state index in [4.69, 9.17) is 12.1 Å². The van der Waals surface area contributed by atoms with Crippen LogP contribution in [-0.4, -0.2) is 0 Å². The fourth-order valence-corrected chi connectivity index (χ4v) is 0. The van der Waals surface area contributed by atoms with Crippen LogP contribution in [0.15, 0.2) is 0 Å². The van der Waals surface area contributed by atoms with Gasteiger partial charge in [0.2, 0.25) is 0 Å². The molecule has 0 aliphatic rings. The van der Waals surface area contributed by atoms with Crippen LogP contribution in [0.1, 0.15) is 0 Å². The van der Waals surface area contributed by atoms with E-state index in [0.717, 1.165) is 0 Å². The maximum absolute atomic E-state index is 8.54. The zero-order valence-electron chi connectivity index (χ0n) is 2.04. The maximum atomic E-state index is 8.54. The van der Waals surface area contributed by atoms with Gasteiger partial charge in [-0.25, -0.2) is 0 Å². The summed E-state index contributed by atoms with van der Waals surface area (Å²) < 4.78 is 25.6. The van der Waals surface area contributed by atoms with E-state index in [1.165, 1.54) is 0 Å². The summed E-state index contributed by atoms with van der Waals surface area (Å²) in [5.41, 5.74) is 0. The molecule has 0 unspecified atom stereocenters. The van der Waals surface area contributed by atoms with Gasteiger partial charge >= 0.3 is 32.3 Å². The minimum atomic E-state index is -3.79. The Kier molecular flexibility index (Phi) is 7.55. The number of rotatable bonds is 0. The quantitative estimate of drug-likeness (QED) is 0.347. The van der Waals surface area contributed by atoms with Gasteiger partial charge in [0.1, 0.15) is 0 Å². The van der Waals surface area contributed by atoms with Crippen LogP contribution < -0.4 is 8.32 Å². The van der Waals surface area contributed by atoms with Gasteiger partial charge in [0.15, 0.2) is 0 Å². The molecule has 0 N–H and O–H groups in total. The van der Waals surface area contributed by atoms with Crippen LogP contribution in [0.5, 0.6) is 0 Å². The molecule has 0 spiro atoms. The van der Waals surface area contributed by atoms with Crippen molar-refractivity contribution in [2.24, 2.45) is 0 Å². The van der Waals surface area contributed by atoms with Gasteiger partial charge in [-0.2, -0.15) is 0 Å². The van der Waals surface area contributed by atoms with E-state index in [9.17, 15) is 0 Å². The first-order chi connectivity index (χ1) is 1.73. The molecule has 0 aliphatic heterocycles. The van der Waals surface area contributed by atoms with Crippen LogP contribution in [-0.2, 0) is 24.0 Å². The summed E-state index contributed by atoms with van der Waals surface area (Å²) in [7, 11) is 0. The predicted octanol–water partition coefficient (Wildman–Crippen LogP) is -2.62. The van der Waals surface area contributed by atoms with Gasteiger partial charge in [-0.15, -0.1) is 0 Å². The fraction of sp³-hybridized carbons (Fsp3) is 0. The molecule has 0 bridgehead atoms. The number of hydrogen-bond acceptors (Lipinski definition) is 3. The Morgan fingerprint density at radius 1 is 1.40 bits per heavy atom. The van der Waals surface area contributed by atoms with E-state index in [0.29, 0.717) is 0 Å². The molecule has 5 heteroatoms. The molecule has 4 nitrogen and oxygen atoms in total. The Labute approximate surface area is 33.2 Å². The van der Waals surface area contributed by atoms with Crippen molar-refractivity contribution in [2.45, 2.75) is 0 Å². The molecule has 0 saturated heterocycles. The average Bonchev–Trinajstić information content (AvgIpc) is 0.811. The Morgan fingerprint density at radius 3 is 1.40 bits per heavy atom. The summed E-state index contributed by atoms with van der Waals surface area (Å²) in [6.45, 7) is 0. The standard InChI is InChI=1S/Cr.4O/q;;2*-1;+2. The Bertz CT molecular complexity index is 26.6. The third-order valence-corrected chi connectivity index (χ3v) is 0. The normalized spacial score (nSPS) is 7.00. The van der Waals surface area contributed by atoms with Crippen molar-refractivity contribution in [3.63, 3.8) is 0 Å². The molecule has 30 valence electrons. The second-order valence-corrected chi connectivity index (χ2v) is 0.842. The topological polar surface area (TPSA) is 91.7 Å². The van der Waals surface area contributed by atoms with Gasteiger partial charge < -0.3 is 0 Å². The van der Waals surface area contributed by atoms with Crippen LogP contribution >= 0.6 is 0 Å². The molecule has 4 radical (unpaired) electrons. The predicted molar refractivity (Wildman–Crippen MR) is 1.37 cm³/mol. The van der Waals surface area contributed by atoms with Crippen molar-refractivity contribution in [3.8, 4) is 0 Å². The van der Waals surface area contributed by atoms with Crippen LogP contribution in [0.4, 0.5) is 0 Å². The Hall–Kier alpha value is 0.212. The van der Waals surface area contributed by atoms with Crippen LogP contribution in [0.25, 0.3) is 0 Å². The third kappa shape index (κ3) is 457. The second kappa shape index (κ2) is 4.21. The zero-order valence-corrected chi connectivity index (χ0v) is 3.32. The molecule has 5 heavy (non-hydrogen) atoms. The van der Waals surface area contributed by atoms with E-state index < -0.39 is 14.8 Å². The number of hydrogen-bond donors (Lipinski definition) is 0. The van der Waals surface area contributed by atoms with E-state index in [2.05, 4.69) is 0 Å². The van der Waals surface area contributed by atoms with Crippen molar-refractivity contribution < 1.29 is 32.3 Å². The van der Waals surface area contributed by atoms with Crippen LogP contribution in [0.3, 0.4) is 0 Å². The Balaban J connectivity index is 0. The summed E-state index contributed by atoms with van der Waals surface area (Å²) in [5.74, 6) is 0. The zero-order chi connectivity index (χ0) is 3.58. The van der Waals surface area contributed by atoms with E-state index in [-0.39, 0.29) is 5.48 Å². The first-order valence-electron chi connectivity index (χ1n) is 0.500. The second-order valence-electron chi connectivity index (χ2n) is 0.204. The molecule has 0 saturated carbocycles. The van der Waals surface area contributed by atoms with Crippen molar-refractivity contribution >= 4 is 0 Å². The van der Waals surface area contributed by atoms with Crippen LogP contribution in [0, 0.1) is 0 Å². The van der Waals surface area contributed by atoms with Gasteiger partial charge in [0, 0.05) is 0 Å². The first kappa shape index (κ1) is 8.96. The van der Waals surface area contributed by atoms with Crippen molar-refractivity contribution in [3.05, 3.63) is 0 Å². The third-order valence-electron chi connectivity index (χ3n) is 0. The summed E-state index contributed by atoms with van der Waals surface area (Å²) in [4.78, 5) is 0. The summed E-state index contributed by atoms with van der Waals surface area (Å²) >= 11 is -3.79. The molecular formula is CrO4. The molecule has 0 aromatic rings. The van der Waals surface area contributed by atoms with E-state index >= 15 is 0 Å². The molecule has 0 amide bonds. The molecule has 0 aromatic carbocycles. The first-order valence-corrected chi connectivity index (χ1v) is 2.06. The molecular weight excluding hydrogens is 116 g/mol. The van der Waals surface area contributed by atoms with Crippen molar-refractivity contribution in [1.82, 2.24) is 0 Å². The summed E-state index contributed by atoms with van der Waals surface area (Å²) in [6.07, 6.45) is 0. The van der Waals surface area contributed by atoms with Gasteiger partial charge in [0.25, 0.3) is 0 Å². The monoisotopic (exact) mass is 116 g/mol. The summed E-state index contributed by atoms with van der Waals surface area (Å²) in [6, 6.07) is 0. The van der Waals surface area contributed by atoms with Crippen molar-refractivity contribution in [1.29, 1.82) is 0 Å². The average molecular weight is 116 g/mol. The minimum absolute atomic E-state index is 0. The fourth-order valence-electron chi connectivity index (χ4n) is 0. The van der Waals surface area contributed by atoms with Gasteiger partial charge in [-0.05, 0) is 0 Å². The van der Waals surface area contributed by atoms with Gasteiger partial charge in [-0.1, -0.05) is 0 Å². The van der Waals surface area contributed by atoms with E-state index in [1.807, 2.05) is 0 Å². The molecule has 0 fully saturated rings. The van der Waals surface area contributed by atoms with Gasteiger partial charge in [0.05, 0.1) is 0 Å². The molecule has 0 atom stereocenters. The Morgan fingerprint density at radius 2 is 1.40 bits per heavy atom. The SMILES string of the molecule is [O+2].[O]=[Cr]([O-])[O-].